The molecule has 0 aliphatic carbocycles. The van der Waals surface area contributed by atoms with Crippen molar-refractivity contribution in [1.29, 1.82) is 0 Å². The number of nitrogens with zero attached hydrogens (tertiary/aromatic N) is 1. The van der Waals surface area contributed by atoms with E-state index in [2.05, 4.69) is 5.32 Å². The second kappa shape index (κ2) is 7.07. The van der Waals surface area contributed by atoms with Crippen LogP contribution in [0.15, 0.2) is 24.3 Å². The van der Waals surface area contributed by atoms with Crippen LogP contribution in [0.25, 0.3) is 0 Å². The van der Waals surface area contributed by atoms with E-state index >= 15 is 0 Å². The Morgan fingerprint density at radius 3 is 2.57 bits per heavy atom. The van der Waals surface area contributed by atoms with Gasteiger partial charge in [-0.3, -0.25) is 9.59 Å². The van der Waals surface area contributed by atoms with E-state index in [1.54, 1.807) is 24.3 Å². The molecule has 0 radical (unpaired) electrons. The van der Waals surface area contributed by atoms with Gasteiger partial charge in [-0.15, -0.1) is 0 Å². The largest absolute Gasteiger partial charge is 0.354 e. The molecule has 8 nitrogen and oxygen atoms in total. The summed E-state index contributed by atoms with van der Waals surface area (Å²) in [6, 6.07) is 5.99. The Morgan fingerprint density at radius 2 is 2.04 bits per heavy atom. The van der Waals surface area contributed by atoms with Gasteiger partial charge in [-0.05, 0) is 17.5 Å². The predicted octanol–water partition coefficient (Wildman–Crippen LogP) is -0.611. The third-order valence-corrected chi connectivity index (χ3v) is 4.86. The number of carbonyl (C=O) groups is 2. The van der Waals surface area contributed by atoms with Crippen molar-refractivity contribution in [2.24, 2.45) is 5.73 Å². The Kier molecular flexibility index (Phi) is 5.34. The third-order valence-electron chi connectivity index (χ3n) is 3.43. The number of benzene rings is 1. The molecule has 1 fully saturated rings. The Morgan fingerprint density at radius 1 is 1.39 bits per heavy atom. The highest BCUT2D eigenvalue weighted by Gasteiger charge is 2.33. The first-order valence-electron chi connectivity index (χ1n) is 7.26. The van der Waals surface area contributed by atoms with Crippen LogP contribution >= 0.6 is 0 Å². The molecule has 1 atom stereocenters. The molecule has 1 aromatic rings. The maximum atomic E-state index is 11.8. The minimum atomic E-state index is -3.74. The normalized spacial score (nSPS) is 18.4. The molecular weight excluding hydrogens is 320 g/mol. The molecule has 0 spiro atoms. The standard InChI is InChI=1S/C14H20N4O4S/c1-2-7-16-14(20)13(15)11-5-3-10(4-6-11)8-18-9-12(19)17-23(18,21)22/h3-6,13H,2,7-9,15H2,1H3,(H,16,20)(H,17,19). The molecule has 23 heavy (non-hydrogen) atoms. The average Bonchev–Trinajstić information content (AvgIpc) is 2.76. The maximum absolute atomic E-state index is 11.8. The Bertz CT molecular complexity index is 687. The van der Waals surface area contributed by atoms with Crippen molar-refractivity contribution in [3.63, 3.8) is 0 Å². The Labute approximate surface area is 135 Å². The quantitative estimate of drug-likeness (QED) is 0.638. The predicted molar refractivity (Wildman–Crippen MR) is 84.1 cm³/mol. The molecule has 0 saturated carbocycles. The fraction of sp³-hybridized carbons (Fsp3) is 0.429. The van der Waals surface area contributed by atoms with Crippen molar-refractivity contribution >= 4 is 22.0 Å². The van der Waals surface area contributed by atoms with Gasteiger partial charge in [0.2, 0.25) is 11.8 Å². The van der Waals surface area contributed by atoms with Crippen LogP contribution in [0, 0.1) is 0 Å². The van der Waals surface area contributed by atoms with Crippen molar-refractivity contribution < 1.29 is 18.0 Å². The molecule has 1 saturated heterocycles. The number of hydrogen-bond donors (Lipinski definition) is 3. The van der Waals surface area contributed by atoms with Crippen molar-refractivity contribution in [3.8, 4) is 0 Å². The van der Waals surface area contributed by atoms with Crippen LogP contribution in [0.1, 0.15) is 30.5 Å². The number of amides is 2. The number of carbonyl (C=O) groups excluding carboxylic acids is 2. The van der Waals surface area contributed by atoms with Crippen LogP contribution in [0.4, 0.5) is 0 Å². The molecule has 1 heterocycles. The number of nitrogens with two attached hydrogens (primary N) is 1. The van der Waals surface area contributed by atoms with Gasteiger partial charge >= 0.3 is 10.2 Å². The molecular formula is C14H20N4O4S. The van der Waals surface area contributed by atoms with E-state index in [0.29, 0.717) is 17.7 Å². The van der Waals surface area contributed by atoms with Gasteiger partial charge in [0.1, 0.15) is 6.04 Å². The second-order valence-electron chi connectivity index (χ2n) is 5.31. The van der Waals surface area contributed by atoms with Gasteiger partial charge in [-0.2, -0.15) is 12.7 Å². The van der Waals surface area contributed by atoms with Crippen molar-refractivity contribution in [3.05, 3.63) is 35.4 Å². The smallest absolute Gasteiger partial charge is 0.304 e. The first kappa shape index (κ1) is 17.4. The molecule has 9 heteroatoms. The summed E-state index contributed by atoms with van der Waals surface area (Å²) in [5.41, 5.74) is 7.22. The minimum Gasteiger partial charge on any atom is -0.354 e. The van der Waals surface area contributed by atoms with Gasteiger partial charge in [0.05, 0.1) is 6.54 Å². The fourth-order valence-corrected chi connectivity index (χ4v) is 3.26. The number of nitrogens with one attached hydrogen (secondary N) is 2. The number of rotatable bonds is 6. The van der Waals surface area contributed by atoms with Gasteiger partial charge in [0.25, 0.3) is 0 Å². The average molecular weight is 340 g/mol. The van der Waals surface area contributed by atoms with E-state index in [4.69, 9.17) is 5.73 Å². The monoisotopic (exact) mass is 340 g/mol. The van der Waals surface area contributed by atoms with E-state index in [1.807, 2.05) is 11.6 Å². The highest BCUT2D eigenvalue weighted by atomic mass is 32.2. The lowest BCUT2D eigenvalue weighted by atomic mass is 10.0. The molecule has 1 unspecified atom stereocenters. The van der Waals surface area contributed by atoms with E-state index in [-0.39, 0.29) is 19.0 Å². The van der Waals surface area contributed by atoms with Crippen molar-refractivity contribution in [2.75, 3.05) is 13.1 Å². The molecule has 4 N–H and O–H groups in total. The summed E-state index contributed by atoms with van der Waals surface area (Å²) in [6.07, 6.45) is 0.828. The second-order valence-corrected chi connectivity index (χ2v) is 6.98. The van der Waals surface area contributed by atoms with Crippen LogP contribution in [-0.2, 0) is 26.3 Å². The zero-order valence-electron chi connectivity index (χ0n) is 12.8. The van der Waals surface area contributed by atoms with Crippen LogP contribution in [-0.4, -0.2) is 37.6 Å². The van der Waals surface area contributed by atoms with Crippen molar-refractivity contribution in [2.45, 2.75) is 25.9 Å². The topological polar surface area (TPSA) is 122 Å². The van der Waals surface area contributed by atoms with Gasteiger partial charge in [0, 0.05) is 13.1 Å². The lowest BCUT2D eigenvalue weighted by Gasteiger charge is -2.14. The summed E-state index contributed by atoms with van der Waals surface area (Å²) < 4.78 is 26.3. The SMILES string of the molecule is CCCNC(=O)C(N)c1ccc(CN2CC(=O)NS2(=O)=O)cc1. The highest BCUT2D eigenvalue weighted by Crippen LogP contribution is 2.16. The van der Waals surface area contributed by atoms with Crippen LogP contribution in [0.2, 0.25) is 0 Å². The Balaban J connectivity index is 2.02. The summed E-state index contributed by atoms with van der Waals surface area (Å²) in [7, 11) is -3.74. The van der Waals surface area contributed by atoms with Crippen LogP contribution in [0.3, 0.4) is 0 Å². The van der Waals surface area contributed by atoms with Crippen LogP contribution in [0.5, 0.6) is 0 Å². The van der Waals surface area contributed by atoms with Crippen molar-refractivity contribution in [1.82, 2.24) is 14.3 Å². The van der Waals surface area contributed by atoms with E-state index in [9.17, 15) is 18.0 Å². The third kappa shape index (κ3) is 4.27. The first-order chi connectivity index (χ1) is 10.8. The number of hydrogen-bond acceptors (Lipinski definition) is 5. The lowest BCUT2D eigenvalue weighted by Crippen LogP contribution is -2.34. The van der Waals surface area contributed by atoms with Gasteiger partial charge in [0.15, 0.2) is 0 Å². The summed E-state index contributed by atoms with van der Waals surface area (Å²) in [6.45, 7) is 2.41. The summed E-state index contributed by atoms with van der Waals surface area (Å²) >= 11 is 0. The zero-order chi connectivity index (χ0) is 17.0. The van der Waals surface area contributed by atoms with Gasteiger partial charge in [-0.1, -0.05) is 31.2 Å². The molecule has 0 aromatic heterocycles. The van der Waals surface area contributed by atoms with Gasteiger partial charge < -0.3 is 11.1 Å². The molecule has 1 aliphatic heterocycles. The Hall–Kier alpha value is -1.97. The minimum absolute atomic E-state index is 0.0820. The maximum Gasteiger partial charge on any atom is 0.304 e. The van der Waals surface area contributed by atoms with Crippen LogP contribution < -0.4 is 15.8 Å². The summed E-state index contributed by atoms with van der Waals surface area (Å²) in [4.78, 5) is 23.0. The van der Waals surface area contributed by atoms with Gasteiger partial charge in [-0.25, -0.2) is 4.72 Å². The molecule has 1 aromatic carbocycles. The molecule has 126 valence electrons. The summed E-state index contributed by atoms with van der Waals surface area (Å²) in [5, 5.41) is 2.72. The summed E-state index contributed by atoms with van der Waals surface area (Å²) in [5.74, 6) is -0.798. The van der Waals surface area contributed by atoms with E-state index in [1.165, 1.54) is 0 Å². The first-order valence-corrected chi connectivity index (χ1v) is 8.70. The highest BCUT2D eigenvalue weighted by molar-refractivity contribution is 7.88. The zero-order valence-corrected chi connectivity index (χ0v) is 13.6. The molecule has 2 rings (SSSR count). The molecule has 1 aliphatic rings. The molecule has 2 amide bonds. The van der Waals surface area contributed by atoms with E-state index in [0.717, 1.165) is 10.7 Å². The fourth-order valence-electron chi connectivity index (χ4n) is 2.17. The lowest BCUT2D eigenvalue weighted by molar-refractivity contribution is -0.122. The van der Waals surface area contributed by atoms with E-state index < -0.39 is 22.2 Å². The molecule has 0 bridgehead atoms.